The number of carbonyl (C=O) groups is 1. The maximum absolute atomic E-state index is 12.5. The van der Waals surface area contributed by atoms with Gasteiger partial charge in [0.25, 0.3) is 0 Å². The van der Waals surface area contributed by atoms with Gasteiger partial charge >= 0.3 is 0 Å². The Morgan fingerprint density at radius 1 is 1.00 bits per heavy atom. The molecule has 0 aliphatic carbocycles. The fourth-order valence-corrected chi connectivity index (χ4v) is 3.31. The van der Waals surface area contributed by atoms with Gasteiger partial charge in [-0.2, -0.15) is 0 Å². The number of piperazine rings is 1. The van der Waals surface area contributed by atoms with E-state index in [9.17, 15) is 4.79 Å². The highest BCUT2D eigenvalue weighted by molar-refractivity contribution is 5.78. The molecule has 3 rings (SSSR count). The van der Waals surface area contributed by atoms with Crippen molar-refractivity contribution in [1.29, 1.82) is 0 Å². The minimum Gasteiger partial charge on any atom is -0.340 e. The van der Waals surface area contributed by atoms with Crippen LogP contribution in [0.4, 0.5) is 0 Å². The van der Waals surface area contributed by atoms with E-state index >= 15 is 0 Å². The van der Waals surface area contributed by atoms with Gasteiger partial charge in [-0.1, -0.05) is 44.2 Å². The van der Waals surface area contributed by atoms with Gasteiger partial charge in [0.1, 0.15) is 0 Å². The molecular formula is C22H29N3O. The van der Waals surface area contributed by atoms with E-state index in [0.29, 0.717) is 12.3 Å². The third-order valence-corrected chi connectivity index (χ3v) is 5.11. The molecule has 0 bridgehead atoms. The molecular weight excluding hydrogens is 322 g/mol. The van der Waals surface area contributed by atoms with Crippen molar-refractivity contribution in [3.63, 3.8) is 0 Å². The molecule has 1 fully saturated rings. The summed E-state index contributed by atoms with van der Waals surface area (Å²) in [7, 11) is 0. The lowest BCUT2D eigenvalue weighted by Crippen LogP contribution is -2.48. The summed E-state index contributed by atoms with van der Waals surface area (Å²) in [6.07, 6.45) is 2.26. The molecule has 0 atom stereocenters. The fourth-order valence-electron chi connectivity index (χ4n) is 3.31. The van der Waals surface area contributed by atoms with Crippen LogP contribution >= 0.6 is 0 Å². The van der Waals surface area contributed by atoms with Crippen molar-refractivity contribution in [3.8, 4) is 0 Å². The highest BCUT2D eigenvalue weighted by atomic mass is 16.2. The maximum atomic E-state index is 12.5. The van der Waals surface area contributed by atoms with Crippen LogP contribution in [-0.4, -0.2) is 46.9 Å². The van der Waals surface area contributed by atoms with Crippen LogP contribution in [0, 0.1) is 6.92 Å². The van der Waals surface area contributed by atoms with Crippen LogP contribution in [0.1, 0.15) is 42.1 Å². The number of hydrogen-bond acceptors (Lipinski definition) is 3. The molecule has 0 N–H and O–H groups in total. The van der Waals surface area contributed by atoms with Crippen molar-refractivity contribution < 1.29 is 4.79 Å². The van der Waals surface area contributed by atoms with Crippen molar-refractivity contribution in [2.24, 2.45) is 0 Å². The minimum atomic E-state index is 0.205. The summed E-state index contributed by atoms with van der Waals surface area (Å²) in [5, 5.41) is 0. The molecule has 0 spiro atoms. The van der Waals surface area contributed by atoms with Crippen LogP contribution in [0.25, 0.3) is 0 Å². The number of rotatable bonds is 5. The number of nitrogens with zero attached hydrogens (tertiary/aromatic N) is 3. The number of aromatic nitrogens is 1. The first-order valence-electron chi connectivity index (χ1n) is 9.52. The number of amides is 1. The third kappa shape index (κ3) is 4.92. The lowest BCUT2D eigenvalue weighted by atomic mass is 10.0. The SMILES string of the molecule is Cc1ccc(CC(=O)N2CCN(Cc3ccc(C(C)C)cc3)CC2)cn1. The van der Waals surface area contributed by atoms with Gasteiger partial charge in [-0.15, -0.1) is 0 Å². The van der Waals surface area contributed by atoms with E-state index in [4.69, 9.17) is 0 Å². The zero-order chi connectivity index (χ0) is 18.5. The van der Waals surface area contributed by atoms with Gasteiger partial charge in [-0.25, -0.2) is 0 Å². The molecule has 2 aromatic rings. The van der Waals surface area contributed by atoms with Gasteiger partial charge < -0.3 is 4.90 Å². The molecule has 1 saturated heterocycles. The summed E-state index contributed by atoms with van der Waals surface area (Å²) >= 11 is 0. The highest BCUT2D eigenvalue weighted by Gasteiger charge is 2.21. The van der Waals surface area contributed by atoms with E-state index < -0.39 is 0 Å². The maximum Gasteiger partial charge on any atom is 0.227 e. The zero-order valence-electron chi connectivity index (χ0n) is 16.1. The number of aryl methyl sites for hydroxylation is 1. The largest absolute Gasteiger partial charge is 0.340 e. The smallest absolute Gasteiger partial charge is 0.227 e. The minimum absolute atomic E-state index is 0.205. The van der Waals surface area contributed by atoms with Crippen molar-refractivity contribution in [2.45, 2.75) is 39.7 Å². The first kappa shape index (κ1) is 18.6. The molecule has 138 valence electrons. The first-order valence-corrected chi connectivity index (χ1v) is 9.52. The summed E-state index contributed by atoms with van der Waals surface area (Å²) in [5.41, 5.74) is 4.71. The topological polar surface area (TPSA) is 36.4 Å². The van der Waals surface area contributed by atoms with E-state index in [1.807, 2.05) is 30.2 Å². The van der Waals surface area contributed by atoms with Crippen molar-refractivity contribution in [2.75, 3.05) is 26.2 Å². The molecule has 0 saturated carbocycles. The summed E-state index contributed by atoms with van der Waals surface area (Å²) in [4.78, 5) is 21.2. The monoisotopic (exact) mass is 351 g/mol. The van der Waals surface area contributed by atoms with E-state index in [1.165, 1.54) is 11.1 Å². The van der Waals surface area contributed by atoms with Gasteiger partial charge in [0.15, 0.2) is 0 Å². The second kappa shape index (κ2) is 8.45. The van der Waals surface area contributed by atoms with Gasteiger partial charge in [-0.3, -0.25) is 14.7 Å². The Morgan fingerprint density at radius 3 is 2.23 bits per heavy atom. The average molecular weight is 351 g/mol. The van der Waals surface area contributed by atoms with Crippen LogP contribution < -0.4 is 0 Å². The normalized spacial score (nSPS) is 15.5. The molecule has 26 heavy (non-hydrogen) atoms. The molecule has 1 amide bonds. The quantitative estimate of drug-likeness (QED) is 0.828. The Hall–Kier alpha value is -2.20. The number of carbonyl (C=O) groups excluding carboxylic acids is 1. The molecule has 4 nitrogen and oxygen atoms in total. The Balaban J connectivity index is 1.47. The van der Waals surface area contributed by atoms with Crippen LogP contribution in [-0.2, 0) is 17.8 Å². The predicted octanol–water partition coefficient (Wildman–Crippen LogP) is 3.40. The molecule has 2 heterocycles. The second-order valence-electron chi connectivity index (χ2n) is 7.54. The van der Waals surface area contributed by atoms with E-state index in [2.05, 4.69) is 48.0 Å². The first-order chi connectivity index (χ1) is 12.5. The molecule has 4 heteroatoms. The standard InChI is InChI=1S/C22H29N3O/c1-17(2)21-8-6-19(7-9-21)16-24-10-12-25(13-11-24)22(26)14-20-5-4-18(3)23-15-20/h4-9,15,17H,10-14,16H2,1-3H3. The average Bonchev–Trinajstić information content (AvgIpc) is 2.64. The predicted molar refractivity (Wildman–Crippen MR) is 105 cm³/mol. The molecule has 0 radical (unpaired) electrons. The number of pyridine rings is 1. The van der Waals surface area contributed by atoms with E-state index in [-0.39, 0.29) is 5.91 Å². The summed E-state index contributed by atoms with van der Waals surface area (Å²) in [6.45, 7) is 10.8. The summed E-state index contributed by atoms with van der Waals surface area (Å²) in [6, 6.07) is 12.9. The van der Waals surface area contributed by atoms with Crippen molar-refractivity contribution in [3.05, 3.63) is 65.0 Å². The summed E-state index contributed by atoms with van der Waals surface area (Å²) in [5.74, 6) is 0.777. The Bertz CT molecular complexity index is 714. The van der Waals surface area contributed by atoms with Crippen LogP contribution in [0.15, 0.2) is 42.6 Å². The summed E-state index contributed by atoms with van der Waals surface area (Å²) < 4.78 is 0. The molecule has 1 aliphatic heterocycles. The van der Waals surface area contributed by atoms with Crippen LogP contribution in [0.2, 0.25) is 0 Å². The van der Waals surface area contributed by atoms with Crippen molar-refractivity contribution in [1.82, 2.24) is 14.8 Å². The number of hydrogen-bond donors (Lipinski definition) is 0. The van der Waals surface area contributed by atoms with E-state index in [1.54, 1.807) is 0 Å². The van der Waals surface area contributed by atoms with Gasteiger partial charge in [-0.05, 0) is 35.6 Å². The third-order valence-electron chi connectivity index (χ3n) is 5.11. The van der Waals surface area contributed by atoms with Crippen LogP contribution in [0.5, 0.6) is 0 Å². The van der Waals surface area contributed by atoms with Gasteiger partial charge in [0.05, 0.1) is 6.42 Å². The zero-order valence-corrected chi connectivity index (χ0v) is 16.1. The fraction of sp³-hybridized carbons (Fsp3) is 0.455. The lowest BCUT2D eigenvalue weighted by molar-refractivity contribution is -0.132. The molecule has 1 aromatic heterocycles. The Labute approximate surface area is 156 Å². The van der Waals surface area contributed by atoms with E-state index in [0.717, 1.165) is 44.0 Å². The van der Waals surface area contributed by atoms with Gasteiger partial charge in [0, 0.05) is 44.6 Å². The Kier molecular flexibility index (Phi) is 6.04. The molecule has 1 aliphatic rings. The lowest BCUT2D eigenvalue weighted by Gasteiger charge is -2.35. The highest BCUT2D eigenvalue weighted by Crippen LogP contribution is 2.16. The molecule has 0 unspecified atom stereocenters. The van der Waals surface area contributed by atoms with Gasteiger partial charge in [0.2, 0.25) is 5.91 Å². The molecule has 1 aromatic carbocycles. The number of benzene rings is 1. The second-order valence-corrected chi connectivity index (χ2v) is 7.54. The Morgan fingerprint density at radius 2 is 1.65 bits per heavy atom. The van der Waals surface area contributed by atoms with Crippen LogP contribution in [0.3, 0.4) is 0 Å². The van der Waals surface area contributed by atoms with Crippen molar-refractivity contribution >= 4 is 5.91 Å².